The zero-order chi connectivity index (χ0) is 24.3. The lowest BCUT2D eigenvalue weighted by Gasteiger charge is -2.13. The van der Waals surface area contributed by atoms with E-state index in [1.54, 1.807) is 21.0 Å². The highest BCUT2D eigenvalue weighted by atomic mass is 19.1. The van der Waals surface area contributed by atoms with Gasteiger partial charge in [-0.3, -0.25) is 14.9 Å². The average Bonchev–Trinajstić information content (AvgIpc) is 3.08. The topological polar surface area (TPSA) is 58.6 Å². The first-order valence-corrected chi connectivity index (χ1v) is 10.3. The first-order valence-electron chi connectivity index (χ1n) is 10.3. The molecule has 170 valence electrons. The second kappa shape index (κ2) is 12.3. The fourth-order valence-corrected chi connectivity index (χ4v) is 2.70. The van der Waals surface area contributed by atoms with E-state index in [0.717, 1.165) is 18.0 Å². The van der Waals surface area contributed by atoms with Gasteiger partial charge in [0.2, 0.25) is 12.3 Å². The lowest BCUT2D eigenvalue weighted by molar-refractivity contribution is -0.129. The molecule has 0 saturated heterocycles. The molecule has 2 aromatic rings. The molecule has 1 N–H and O–H groups in total. The van der Waals surface area contributed by atoms with Crippen molar-refractivity contribution in [2.24, 2.45) is 5.41 Å². The van der Waals surface area contributed by atoms with Crippen molar-refractivity contribution in [2.45, 2.75) is 34.2 Å². The quantitative estimate of drug-likeness (QED) is 0.562. The van der Waals surface area contributed by atoms with Crippen LogP contribution in [0.1, 0.15) is 44.4 Å². The van der Waals surface area contributed by atoms with Gasteiger partial charge in [-0.2, -0.15) is 0 Å². The lowest BCUT2D eigenvalue weighted by atomic mass is 9.93. The van der Waals surface area contributed by atoms with Crippen LogP contribution in [0.5, 0.6) is 5.75 Å². The summed E-state index contributed by atoms with van der Waals surface area (Å²) in [6.45, 7) is 12.2. The maximum absolute atomic E-state index is 12.6. The number of rotatable bonds is 3. The standard InChI is InChI=1S/C13H12FNO2.C11H13NO.C2H6/c1-13(2,12(17)15-9-16)8-7-10-3-5-11(14)6-4-10;1-8-11-6-10(13-3)5-4-9(11)7-12(8)2;1-2/h3-6,9H,1-2H3,(H,15,16,17);4-6H,1,7H2,2-3H3;1-2H3. The number of imide groups is 1. The van der Waals surface area contributed by atoms with Gasteiger partial charge in [0.25, 0.3) is 0 Å². The van der Waals surface area contributed by atoms with Crippen molar-refractivity contribution < 1.29 is 18.7 Å². The number of carbonyl (C=O) groups is 2. The summed E-state index contributed by atoms with van der Waals surface area (Å²) in [6.07, 6.45) is 0.323. The van der Waals surface area contributed by atoms with Crippen LogP contribution in [0.25, 0.3) is 5.70 Å². The number of benzene rings is 2. The van der Waals surface area contributed by atoms with Crippen molar-refractivity contribution in [3.05, 3.63) is 71.6 Å². The van der Waals surface area contributed by atoms with Gasteiger partial charge in [0.05, 0.1) is 7.11 Å². The summed E-state index contributed by atoms with van der Waals surface area (Å²) < 4.78 is 17.8. The Balaban J connectivity index is 0.000000305. The summed E-state index contributed by atoms with van der Waals surface area (Å²) in [6, 6.07) is 11.8. The maximum Gasteiger partial charge on any atom is 0.244 e. The van der Waals surface area contributed by atoms with Crippen molar-refractivity contribution in [1.82, 2.24) is 10.2 Å². The van der Waals surface area contributed by atoms with Crippen LogP contribution in [0.15, 0.2) is 49.0 Å². The zero-order valence-corrected chi connectivity index (χ0v) is 19.6. The molecular weight excluding hydrogens is 407 g/mol. The van der Waals surface area contributed by atoms with E-state index >= 15 is 0 Å². The monoisotopic (exact) mass is 438 g/mol. The lowest BCUT2D eigenvalue weighted by Crippen LogP contribution is -2.35. The van der Waals surface area contributed by atoms with Gasteiger partial charge in [-0.1, -0.05) is 38.3 Å². The Morgan fingerprint density at radius 3 is 2.41 bits per heavy atom. The third-order valence-corrected chi connectivity index (χ3v) is 4.62. The number of hydrogen-bond donors (Lipinski definition) is 1. The molecule has 0 fully saturated rings. The highest BCUT2D eigenvalue weighted by Gasteiger charge is 2.24. The molecule has 2 aromatic carbocycles. The molecular formula is C26H31FN2O3. The van der Waals surface area contributed by atoms with Crippen LogP contribution in [0, 0.1) is 23.1 Å². The van der Waals surface area contributed by atoms with Gasteiger partial charge in [-0.15, -0.1) is 0 Å². The number of halogens is 1. The average molecular weight is 439 g/mol. The number of ether oxygens (including phenoxy) is 1. The molecule has 0 radical (unpaired) electrons. The molecule has 0 bridgehead atoms. The molecule has 0 unspecified atom stereocenters. The van der Waals surface area contributed by atoms with Gasteiger partial charge in [-0.05, 0) is 55.8 Å². The second-order valence-electron chi connectivity index (χ2n) is 7.30. The number of amides is 2. The smallest absolute Gasteiger partial charge is 0.244 e. The highest BCUT2D eigenvalue weighted by molar-refractivity contribution is 5.92. The molecule has 2 amide bonds. The summed E-state index contributed by atoms with van der Waals surface area (Å²) in [4.78, 5) is 23.7. The highest BCUT2D eigenvalue weighted by Crippen LogP contribution is 2.32. The van der Waals surface area contributed by atoms with Crippen molar-refractivity contribution in [2.75, 3.05) is 14.2 Å². The SMILES string of the molecule is C=C1c2cc(OC)ccc2CN1C.CC.CC(C)(C#Cc1ccc(F)cc1)C(=O)NC=O. The number of hydrogen-bond acceptors (Lipinski definition) is 4. The first kappa shape index (κ1) is 26.4. The van der Waals surface area contributed by atoms with Gasteiger partial charge in [0.15, 0.2) is 0 Å². The third kappa shape index (κ3) is 7.28. The number of methoxy groups -OCH3 is 1. The molecule has 1 aliphatic heterocycles. The Hall–Kier alpha value is -3.59. The van der Waals surface area contributed by atoms with E-state index in [4.69, 9.17) is 4.74 Å². The molecule has 0 saturated carbocycles. The molecule has 0 aliphatic carbocycles. The van der Waals surface area contributed by atoms with E-state index in [1.807, 2.05) is 31.3 Å². The summed E-state index contributed by atoms with van der Waals surface area (Å²) >= 11 is 0. The van der Waals surface area contributed by atoms with Crippen molar-refractivity contribution in [3.8, 4) is 17.6 Å². The molecule has 32 heavy (non-hydrogen) atoms. The molecule has 1 heterocycles. The summed E-state index contributed by atoms with van der Waals surface area (Å²) in [5.41, 5.74) is 3.25. The predicted octanol–water partition coefficient (Wildman–Crippen LogP) is 4.61. The van der Waals surface area contributed by atoms with E-state index in [1.165, 1.54) is 35.4 Å². The predicted molar refractivity (Wildman–Crippen MR) is 126 cm³/mol. The molecule has 6 heteroatoms. The Bertz CT molecular complexity index is 1000. The minimum Gasteiger partial charge on any atom is -0.497 e. The Morgan fingerprint density at radius 1 is 1.22 bits per heavy atom. The van der Waals surface area contributed by atoms with Gasteiger partial charge in [-0.25, -0.2) is 4.39 Å². The Kier molecular flexibility index (Phi) is 10.2. The first-order chi connectivity index (χ1) is 15.2. The van der Waals surface area contributed by atoms with Crippen molar-refractivity contribution in [1.29, 1.82) is 0 Å². The third-order valence-electron chi connectivity index (χ3n) is 4.62. The van der Waals surface area contributed by atoms with Gasteiger partial charge in [0, 0.05) is 30.4 Å². The summed E-state index contributed by atoms with van der Waals surface area (Å²) in [5, 5.41) is 2.05. The number of nitrogens with one attached hydrogen (secondary N) is 1. The largest absolute Gasteiger partial charge is 0.497 e. The molecule has 0 spiro atoms. The van der Waals surface area contributed by atoms with Crippen LogP contribution in [0.3, 0.4) is 0 Å². The number of nitrogens with zero attached hydrogens (tertiary/aromatic N) is 1. The van der Waals surface area contributed by atoms with Gasteiger partial charge < -0.3 is 9.64 Å². The van der Waals surface area contributed by atoms with Crippen LogP contribution in [0.2, 0.25) is 0 Å². The summed E-state index contributed by atoms with van der Waals surface area (Å²) in [7, 11) is 3.73. The molecule has 0 aromatic heterocycles. The zero-order valence-electron chi connectivity index (χ0n) is 19.6. The Morgan fingerprint density at radius 2 is 1.84 bits per heavy atom. The molecule has 1 aliphatic rings. The fourth-order valence-electron chi connectivity index (χ4n) is 2.70. The van der Waals surface area contributed by atoms with E-state index < -0.39 is 11.3 Å². The van der Waals surface area contributed by atoms with Crippen LogP contribution >= 0.6 is 0 Å². The van der Waals surface area contributed by atoms with E-state index in [9.17, 15) is 14.0 Å². The molecule has 5 nitrogen and oxygen atoms in total. The molecule has 0 atom stereocenters. The van der Waals surface area contributed by atoms with Crippen LogP contribution in [0.4, 0.5) is 4.39 Å². The van der Waals surface area contributed by atoms with E-state index in [-0.39, 0.29) is 5.82 Å². The second-order valence-corrected chi connectivity index (χ2v) is 7.30. The number of carbonyl (C=O) groups excluding carboxylic acids is 2. The normalized spacial score (nSPS) is 11.5. The van der Waals surface area contributed by atoms with E-state index in [0.29, 0.717) is 12.0 Å². The fraction of sp³-hybridized carbons (Fsp3) is 0.308. The van der Waals surface area contributed by atoms with Crippen LogP contribution in [-0.2, 0) is 16.1 Å². The van der Waals surface area contributed by atoms with Crippen molar-refractivity contribution >= 4 is 18.0 Å². The van der Waals surface area contributed by atoms with Gasteiger partial charge >= 0.3 is 0 Å². The van der Waals surface area contributed by atoms with Gasteiger partial charge in [0.1, 0.15) is 17.0 Å². The molecule has 3 rings (SSSR count). The van der Waals surface area contributed by atoms with Crippen molar-refractivity contribution in [3.63, 3.8) is 0 Å². The number of fused-ring (bicyclic) bond motifs is 1. The van der Waals surface area contributed by atoms with Crippen LogP contribution in [-0.4, -0.2) is 31.4 Å². The minimum atomic E-state index is -0.977. The maximum atomic E-state index is 12.6. The summed E-state index contributed by atoms with van der Waals surface area (Å²) in [5.74, 6) is 5.58. The van der Waals surface area contributed by atoms with E-state index in [2.05, 4.69) is 36.4 Å². The minimum absolute atomic E-state index is 0.323. The van der Waals surface area contributed by atoms with Crippen LogP contribution < -0.4 is 10.1 Å². The Labute approximate surface area is 190 Å².